The molecule has 0 amide bonds. The van der Waals surface area contributed by atoms with Crippen molar-refractivity contribution in [2.24, 2.45) is 4.99 Å². The third-order valence-corrected chi connectivity index (χ3v) is 6.41. The summed E-state index contributed by atoms with van der Waals surface area (Å²) in [4.78, 5) is 11.5. The van der Waals surface area contributed by atoms with Gasteiger partial charge in [0.2, 0.25) is 0 Å². The molecule has 1 atom stereocenters. The number of hydrogen-bond donors (Lipinski definition) is 1. The van der Waals surface area contributed by atoms with Crippen LogP contribution >= 0.6 is 11.3 Å². The monoisotopic (exact) mass is 431 g/mol. The maximum Gasteiger partial charge on any atom is 0.193 e. The molecule has 0 bridgehead atoms. The zero-order chi connectivity index (χ0) is 21.5. The van der Waals surface area contributed by atoms with Gasteiger partial charge < -0.3 is 29.5 Å². The maximum absolute atomic E-state index is 5.49. The number of aliphatic imine (C=N–C) groups is 1. The smallest absolute Gasteiger partial charge is 0.193 e. The Morgan fingerprint density at radius 1 is 1.13 bits per heavy atom. The van der Waals surface area contributed by atoms with Gasteiger partial charge in [-0.2, -0.15) is 0 Å². The molecule has 0 saturated carbocycles. The molecule has 0 aliphatic carbocycles. The Bertz CT molecular complexity index is 817. The summed E-state index contributed by atoms with van der Waals surface area (Å²) in [5, 5.41) is 7.06. The van der Waals surface area contributed by atoms with Crippen LogP contribution in [-0.2, 0) is 0 Å². The number of piperazine rings is 1. The number of likely N-dealkylation sites (N-methyl/N-ethyl adjacent to an activating group) is 1. The third kappa shape index (κ3) is 5.17. The molecule has 8 heteroatoms. The van der Waals surface area contributed by atoms with Crippen molar-refractivity contribution in [2.45, 2.75) is 6.04 Å². The number of nitrogens with zero attached hydrogens (tertiary/aromatic N) is 4. The van der Waals surface area contributed by atoms with Crippen LogP contribution in [-0.4, -0.2) is 83.8 Å². The van der Waals surface area contributed by atoms with Crippen LogP contribution in [0.4, 0.5) is 5.00 Å². The predicted octanol–water partition coefficient (Wildman–Crippen LogP) is 2.77. The van der Waals surface area contributed by atoms with Gasteiger partial charge in [0.05, 0.1) is 25.3 Å². The van der Waals surface area contributed by atoms with Crippen molar-refractivity contribution in [2.75, 3.05) is 73.0 Å². The molecule has 164 valence electrons. The van der Waals surface area contributed by atoms with Gasteiger partial charge >= 0.3 is 0 Å². The summed E-state index contributed by atoms with van der Waals surface area (Å²) in [6.45, 7) is 4.68. The Labute approximate surface area is 183 Å². The first-order valence-corrected chi connectivity index (χ1v) is 11.1. The molecule has 0 spiro atoms. The quantitative estimate of drug-likeness (QED) is 0.537. The average molecular weight is 432 g/mol. The van der Waals surface area contributed by atoms with Gasteiger partial charge in [-0.05, 0) is 49.3 Å². The average Bonchev–Trinajstić information content (AvgIpc) is 3.31. The van der Waals surface area contributed by atoms with Crippen molar-refractivity contribution >= 4 is 22.3 Å². The zero-order valence-electron chi connectivity index (χ0n) is 18.6. The highest BCUT2D eigenvalue weighted by Crippen LogP contribution is 2.31. The number of methoxy groups -OCH3 is 2. The first-order chi connectivity index (χ1) is 14.6. The summed E-state index contributed by atoms with van der Waals surface area (Å²) >= 11 is 1.80. The number of benzene rings is 1. The van der Waals surface area contributed by atoms with Gasteiger partial charge in [0, 0.05) is 39.8 Å². The van der Waals surface area contributed by atoms with Crippen LogP contribution in [0.5, 0.6) is 11.5 Å². The molecular formula is C22H33N5O2S. The summed E-state index contributed by atoms with van der Waals surface area (Å²) in [5.74, 6) is 2.44. The second kappa shape index (κ2) is 10.5. The molecule has 0 radical (unpaired) electrons. The lowest BCUT2D eigenvalue weighted by Gasteiger charge is -2.37. The van der Waals surface area contributed by atoms with E-state index in [1.54, 1.807) is 25.6 Å². The van der Waals surface area contributed by atoms with E-state index in [2.05, 4.69) is 62.7 Å². The number of nitrogens with one attached hydrogen (secondary N) is 1. The van der Waals surface area contributed by atoms with Gasteiger partial charge in [0.15, 0.2) is 17.5 Å². The Balaban J connectivity index is 1.62. The lowest BCUT2D eigenvalue weighted by atomic mass is 10.1. The van der Waals surface area contributed by atoms with E-state index in [1.807, 2.05) is 19.2 Å². The molecule has 30 heavy (non-hydrogen) atoms. The number of anilines is 1. The lowest BCUT2D eigenvalue weighted by molar-refractivity contribution is 0.290. The highest BCUT2D eigenvalue weighted by molar-refractivity contribution is 7.14. The number of guanidine groups is 1. The van der Waals surface area contributed by atoms with Gasteiger partial charge in [0.1, 0.15) is 0 Å². The van der Waals surface area contributed by atoms with Crippen LogP contribution in [0.3, 0.4) is 0 Å². The van der Waals surface area contributed by atoms with Crippen molar-refractivity contribution in [3.05, 3.63) is 41.3 Å². The fourth-order valence-electron chi connectivity index (χ4n) is 3.77. The molecular weight excluding hydrogens is 398 g/mol. The molecule has 1 aromatic carbocycles. The standard InChI is InChI=1S/C22H33N5O2S/c1-23-22(27-12-10-26(11-13-27)21-7-6-14-30-21)24-16-18(25(2)3)17-8-9-19(28-4)20(15-17)29-5/h6-9,14-15,18H,10-13,16H2,1-5H3,(H,23,24). The fraction of sp³-hybridized carbons (Fsp3) is 0.500. The predicted molar refractivity (Wildman–Crippen MR) is 125 cm³/mol. The molecule has 1 saturated heterocycles. The van der Waals surface area contributed by atoms with E-state index in [1.165, 1.54) is 10.6 Å². The molecule has 1 N–H and O–H groups in total. The molecule has 1 aromatic heterocycles. The first-order valence-electron chi connectivity index (χ1n) is 10.2. The minimum Gasteiger partial charge on any atom is -0.493 e. The number of rotatable bonds is 7. The number of thiophene rings is 1. The van der Waals surface area contributed by atoms with Gasteiger partial charge in [-0.1, -0.05) is 6.07 Å². The second-order valence-corrected chi connectivity index (χ2v) is 8.37. The van der Waals surface area contributed by atoms with Crippen LogP contribution < -0.4 is 19.7 Å². The van der Waals surface area contributed by atoms with E-state index in [9.17, 15) is 0 Å². The first kappa shape index (κ1) is 22.2. The van der Waals surface area contributed by atoms with Gasteiger partial charge in [-0.3, -0.25) is 4.99 Å². The Morgan fingerprint density at radius 3 is 2.43 bits per heavy atom. The molecule has 1 unspecified atom stereocenters. The molecule has 1 aliphatic heterocycles. The lowest BCUT2D eigenvalue weighted by Crippen LogP contribution is -2.53. The fourth-order valence-corrected chi connectivity index (χ4v) is 4.55. The molecule has 3 rings (SSSR count). The highest BCUT2D eigenvalue weighted by atomic mass is 32.1. The van der Waals surface area contributed by atoms with E-state index in [-0.39, 0.29) is 6.04 Å². The van der Waals surface area contributed by atoms with Crippen LogP contribution in [0.2, 0.25) is 0 Å². The minimum absolute atomic E-state index is 0.175. The molecule has 2 aromatic rings. The van der Waals surface area contributed by atoms with E-state index in [0.29, 0.717) is 0 Å². The highest BCUT2D eigenvalue weighted by Gasteiger charge is 2.22. The van der Waals surface area contributed by atoms with E-state index in [0.717, 1.165) is 50.2 Å². The van der Waals surface area contributed by atoms with Crippen molar-refractivity contribution in [3.63, 3.8) is 0 Å². The summed E-state index contributed by atoms with van der Waals surface area (Å²) < 4.78 is 10.9. The summed E-state index contributed by atoms with van der Waals surface area (Å²) in [6, 6.07) is 10.6. The largest absolute Gasteiger partial charge is 0.493 e. The zero-order valence-corrected chi connectivity index (χ0v) is 19.4. The van der Waals surface area contributed by atoms with E-state index in [4.69, 9.17) is 9.47 Å². The van der Waals surface area contributed by atoms with Gasteiger partial charge in [0.25, 0.3) is 0 Å². The van der Waals surface area contributed by atoms with Crippen LogP contribution in [0, 0.1) is 0 Å². The molecule has 1 aliphatic rings. The maximum atomic E-state index is 5.49. The molecule has 2 heterocycles. The van der Waals surface area contributed by atoms with Crippen LogP contribution in [0.1, 0.15) is 11.6 Å². The summed E-state index contributed by atoms with van der Waals surface area (Å²) in [7, 11) is 9.36. The Kier molecular flexibility index (Phi) is 7.81. The Hall–Kier alpha value is -2.45. The third-order valence-electron chi connectivity index (χ3n) is 5.48. The van der Waals surface area contributed by atoms with E-state index >= 15 is 0 Å². The van der Waals surface area contributed by atoms with Crippen molar-refractivity contribution in [1.29, 1.82) is 0 Å². The van der Waals surface area contributed by atoms with Gasteiger partial charge in [-0.15, -0.1) is 11.3 Å². The molecule has 7 nitrogen and oxygen atoms in total. The SMILES string of the molecule is CN=C(NCC(c1ccc(OC)c(OC)c1)N(C)C)N1CCN(c2cccs2)CC1. The minimum atomic E-state index is 0.175. The second-order valence-electron chi connectivity index (χ2n) is 7.45. The van der Waals surface area contributed by atoms with Crippen LogP contribution in [0.15, 0.2) is 40.7 Å². The number of hydrogen-bond acceptors (Lipinski definition) is 6. The van der Waals surface area contributed by atoms with Crippen molar-refractivity contribution in [3.8, 4) is 11.5 Å². The molecule has 1 fully saturated rings. The normalized spacial score (nSPS) is 16.0. The van der Waals surface area contributed by atoms with Gasteiger partial charge in [-0.25, -0.2) is 0 Å². The topological polar surface area (TPSA) is 52.6 Å². The summed E-state index contributed by atoms with van der Waals surface area (Å²) in [5.41, 5.74) is 1.17. The number of ether oxygens (including phenoxy) is 2. The summed E-state index contributed by atoms with van der Waals surface area (Å²) in [6.07, 6.45) is 0. The Morgan fingerprint density at radius 2 is 1.87 bits per heavy atom. The van der Waals surface area contributed by atoms with E-state index < -0.39 is 0 Å². The van der Waals surface area contributed by atoms with Crippen molar-refractivity contribution < 1.29 is 9.47 Å². The van der Waals surface area contributed by atoms with Crippen molar-refractivity contribution in [1.82, 2.24) is 15.1 Å². The van der Waals surface area contributed by atoms with Crippen LogP contribution in [0.25, 0.3) is 0 Å².